The lowest BCUT2D eigenvalue weighted by Crippen LogP contribution is -2.41. The molecule has 0 aromatic heterocycles. The van der Waals surface area contributed by atoms with Gasteiger partial charge in [-0.1, -0.05) is 0 Å². The molecule has 1 fully saturated rings. The van der Waals surface area contributed by atoms with Crippen molar-refractivity contribution < 1.29 is 32.8 Å². The van der Waals surface area contributed by atoms with Crippen molar-refractivity contribution in [3.05, 3.63) is 29.3 Å². The zero-order chi connectivity index (χ0) is 17.4. The lowest BCUT2D eigenvalue weighted by Gasteiger charge is -2.21. The molecule has 0 radical (unpaired) electrons. The average molecular weight is 331 g/mol. The molecule has 1 aliphatic rings. The monoisotopic (exact) mass is 331 g/mol. The van der Waals surface area contributed by atoms with Gasteiger partial charge in [0, 0.05) is 0 Å². The van der Waals surface area contributed by atoms with Crippen LogP contribution >= 0.6 is 0 Å². The number of nitriles is 1. The van der Waals surface area contributed by atoms with Crippen LogP contribution < -0.4 is 5.23 Å². The minimum atomic E-state index is -4.73. The van der Waals surface area contributed by atoms with Crippen LogP contribution in [-0.2, 0) is 20.7 Å². The number of rotatable bonds is 3. The van der Waals surface area contributed by atoms with E-state index in [-0.39, 0.29) is 5.69 Å². The Labute approximate surface area is 128 Å². The molecule has 0 bridgehead atoms. The summed E-state index contributed by atoms with van der Waals surface area (Å²) in [4.78, 5) is 21.2. The number of nitrogens with zero attached hydrogens (tertiary/aromatic N) is 3. The molecule has 0 spiro atoms. The summed E-state index contributed by atoms with van der Waals surface area (Å²) in [6, 6.07) is 4.34. The van der Waals surface area contributed by atoms with Crippen molar-refractivity contribution in [2.24, 2.45) is 0 Å². The molecule has 10 heteroatoms. The Morgan fingerprint density at radius 2 is 2.09 bits per heavy atom. The number of aliphatic carboxylic acids is 1. The van der Waals surface area contributed by atoms with Gasteiger partial charge in [-0.25, -0.2) is 4.84 Å². The largest absolute Gasteiger partial charge is 0.480 e. The van der Waals surface area contributed by atoms with Crippen LogP contribution in [0.5, 0.6) is 0 Å². The number of hydrogen-bond acceptors (Lipinski definition) is 6. The second kappa shape index (κ2) is 5.69. The van der Waals surface area contributed by atoms with E-state index < -0.39 is 35.5 Å². The number of benzene rings is 1. The summed E-state index contributed by atoms with van der Waals surface area (Å²) in [6.45, 7) is 2.44. The van der Waals surface area contributed by atoms with Crippen LogP contribution in [0.25, 0.3) is 0 Å². The zero-order valence-electron chi connectivity index (χ0n) is 12.1. The Morgan fingerprint density at radius 1 is 1.43 bits per heavy atom. The van der Waals surface area contributed by atoms with Crippen LogP contribution in [0.15, 0.2) is 18.2 Å². The van der Waals surface area contributed by atoms with Crippen LogP contribution in [0, 0.1) is 11.3 Å². The molecule has 124 valence electrons. The van der Waals surface area contributed by atoms with Gasteiger partial charge in [-0.15, -0.1) is 10.3 Å². The number of halogens is 3. The first kappa shape index (κ1) is 17.0. The van der Waals surface area contributed by atoms with Crippen molar-refractivity contribution in [1.29, 1.82) is 5.26 Å². The summed E-state index contributed by atoms with van der Waals surface area (Å²) < 4.78 is 38.9. The molecule has 0 atom stereocenters. The molecular weight excluding hydrogens is 319 g/mol. The normalized spacial score (nSPS) is 18.0. The topological polar surface area (TPSA) is 86.0 Å². The zero-order valence-corrected chi connectivity index (χ0v) is 12.1. The average Bonchev–Trinajstić information content (AvgIpc) is 2.71. The quantitative estimate of drug-likeness (QED) is 0.909. The Bertz CT molecular complexity index is 669. The van der Waals surface area contributed by atoms with Crippen molar-refractivity contribution in [3.8, 4) is 6.07 Å². The molecule has 1 heterocycles. The highest BCUT2D eigenvalue weighted by molar-refractivity contribution is 5.69. The maximum absolute atomic E-state index is 13.0. The van der Waals surface area contributed by atoms with Crippen molar-refractivity contribution in [2.45, 2.75) is 25.7 Å². The molecule has 0 unspecified atom stereocenters. The standard InChI is InChI=1S/C13H12F3N3O4/c1-12(2)18(7-11(20)21)23-19(22-12)9-4-3-8(6-17)10(5-9)13(14,15)16/h3-5H,7H2,1-2H3,(H,20,21). The van der Waals surface area contributed by atoms with Crippen LogP contribution in [-0.4, -0.2) is 28.4 Å². The summed E-state index contributed by atoms with van der Waals surface area (Å²) in [6.07, 6.45) is -4.73. The first-order valence-corrected chi connectivity index (χ1v) is 6.33. The smallest absolute Gasteiger partial charge is 0.417 e. The summed E-state index contributed by atoms with van der Waals surface area (Å²) in [7, 11) is 0. The Balaban J connectivity index is 2.34. The van der Waals surface area contributed by atoms with Gasteiger partial charge < -0.3 is 5.11 Å². The maximum Gasteiger partial charge on any atom is 0.417 e. The third-order valence-electron chi connectivity index (χ3n) is 3.00. The summed E-state index contributed by atoms with van der Waals surface area (Å²) >= 11 is 0. The van der Waals surface area contributed by atoms with Crippen LogP contribution in [0.1, 0.15) is 25.0 Å². The van der Waals surface area contributed by atoms with Crippen LogP contribution in [0.3, 0.4) is 0 Å². The molecule has 0 aliphatic carbocycles. The first-order valence-electron chi connectivity index (χ1n) is 6.33. The van der Waals surface area contributed by atoms with Gasteiger partial charge >= 0.3 is 12.1 Å². The van der Waals surface area contributed by atoms with Gasteiger partial charge in [-0.3, -0.25) is 4.79 Å². The van der Waals surface area contributed by atoms with Gasteiger partial charge in [0.15, 0.2) is 5.72 Å². The third-order valence-corrected chi connectivity index (χ3v) is 3.00. The van der Waals surface area contributed by atoms with E-state index >= 15 is 0 Å². The third kappa shape index (κ3) is 3.53. The second-order valence-electron chi connectivity index (χ2n) is 5.15. The molecule has 2 rings (SSSR count). The van der Waals surface area contributed by atoms with Gasteiger partial charge in [0.1, 0.15) is 6.54 Å². The van der Waals surface area contributed by atoms with Crippen LogP contribution in [0.4, 0.5) is 18.9 Å². The first-order chi connectivity index (χ1) is 10.5. The molecule has 1 aromatic carbocycles. The predicted molar refractivity (Wildman–Crippen MR) is 69.2 cm³/mol. The van der Waals surface area contributed by atoms with Gasteiger partial charge in [-0.05, 0) is 32.0 Å². The van der Waals surface area contributed by atoms with Crippen molar-refractivity contribution in [3.63, 3.8) is 0 Å². The van der Waals surface area contributed by atoms with Gasteiger partial charge in [0.25, 0.3) is 0 Å². The van der Waals surface area contributed by atoms with E-state index in [2.05, 4.69) is 0 Å². The fraction of sp³-hybridized carbons (Fsp3) is 0.385. The Morgan fingerprint density at radius 3 is 2.61 bits per heavy atom. The highest BCUT2D eigenvalue weighted by Gasteiger charge is 2.43. The number of hydroxylamine groups is 2. The number of alkyl halides is 3. The van der Waals surface area contributed by atoms with E-state index in [0.29, 0.717) is 11.3 Å². The maximum atomic E-state index is 13.0. The molecule has 1 saturated heterocycles. The Kier molecular flexibility index (Phi) is 4.21. The molecule has 0 amide bonds. The van der Waals surface area contributed by atoms with E-state index in [4.69, 9.17) is 20.1 Å². The molecule has 23 heavy (non-hydrogen) atoms. The summed E-state index contributed by atoms with van der Waals surface area (Å²) in [5, 5.41) is 19.2. The van der Waals surface area contributed by atoms with Crippen molar-refractivity contribution in [1.82, 2.24) is 5.06 Å². The highest BCUT2D eigenvalue weighted by Crippen LogP contribution is 2.37. The fourth-order valence-corrected chi connectivity index (χ4v) is 1.87. The second-order valence-corrected chi connectivity index (χ2v) is 5.15. The number of carboxylic acid groups (broad SMARTS) is 1. The van der Waals surface area contributed by atoms with E-state index in [1.165, 1.54) is 26.0 Å². The molecule has 0 saturated carbocycles. The fourth-order valence-electron chi connectivity index (χ4n) is 1.87. The molecule has 1 aliphatic heterocycles. The van der Waals surface area contributed by atoms with Crippen LogP contribution in [0.2, 0.25) is 0 Å². The highest BCUT2D eigenvalue weighted by atomic mass is 19.4. The molecule has 7 nitrogen and oxygen atoms in total. The molecule has 1 aromatic rings. The Hall–Kier alpha value is -2.35. The lowest BCUT2D eigenvalue weighted by atomic mass is 10.1. The molecule has 1 N–H and O–H groups in total. The van der Waals surface area contributed by atoms with Crippen molar-refractivity contribution in [2.75, 3.05) is 11.8 Å². The van der Waals surface area contributed by atoms with E-state index in [1.807, 2.05) is 0 Å². The summed E-state index contributed by atoms with van der Waals surface area (Å²) in [5.41, 5.74) is -3.01. The predicted octanol–water partition coefficient (Wildman–Crippen LogP) is 2.30. The number of carbonyl (C=O) groups is 1. The van der Waals surface area contributed by atoms with E-state index in [9.17, 15) is 18.0 Å². The summed E-state index contributed by atoms with van der Waals surface area (Å²) in [5.74, 6) is -1.20. The minimum absolute atomic E-state index is 0.128. The van der Waals surface area contributed by atoms with Gasteiger partial charge in [0.2, 0.25) is 0 Å². The lowest BCUT2D eigenvalue weighted by molar-refractivity contribution is -0.182. The van der Waals surface area contributed by atoms with E-state index in [1.54, 1.807) is 0 Å². The molecular formula is C13H12F3N3O4. The number of hydrogen-bond donors (Lipinski definition) is 1. The SMILES string of the molecule is CC1(C)ON(c2ccc(C#N)c(C(F)(F)F)c2)ON1CC(=O)O. The number of carboxylic acids is 1. The van der Waals surface area contributed by atoms with Gasteiger partial charge in [-0.2, -0.15) is 23.4 Å². The van der Waals surface area contributed by atoms with Crippen molar-refractivity contribution >= 4 is 11.7 Å². The number of anilines is 1. The van der Waals surface area contributed by atoms with E-state index in [0.717, 1.165) is 11.1 Å². The minimum Gasteiger partial charge on any atom is -0.480 e. The van der Waals surface area contributed by atoms with Gasteiger partial charge in [0.05, 0.1) is 22.9 Å².